The van der Waals surface area contributed by atoms with Crippen LogP contribution in [-0.4, -0.2) is 34.1 Å². The molecule has 2 fully saturated rings. The molecule has 1 saturated carbocycles. The highest BCUT2D eigenvalue weighted by Crippen LogP contribution is 2.49. The lowest BCUT2D eigenvalue weighted by Crippen LogP contribution is -2.38. The van der Waals surface area contributed by atoms with Crippen molar-refractivity contribution in [2.75, 3.05) is 11.9 Å². The molecular weight excluding hydrogens is 350 g/mol. The standard InChI is InChI=1S/C19H19N3O5/c23-15(20-13-5-7-14(8-6-13)22(26)27)9-10-21-18(24)16-11-1-2-12(4-3-11)17(16)19(21)25/h1-2,5-8,11-12,16-17H,3-4,9-10H2,(H,20,23)/t11-,12-,16-,17+/m0/s1. The minimum absolute atomic E-state index is 0.00330. The van der Waals surface area contributed by atoms with E-state index in [2.05, 4.69) is 17.5 Å². The van der Waals surface area contributed by atoms with E-state index < -0.39 is 4.92 Å². The molecule has 4 aliphatic rings. The fourth-order valence-electron chi connectivity index (χ4n) is 4.46. The number of non-ortho nitro benzene ring substituents is 1. The first-order chi connectivity index (χ1) is 13.0. The van der Waals surface area contributed by atoms with E-state index in [1.807, 2.05) is 0 Å². The smallest absolute Gasteiger partial charge is 0.269 e. The van der Waals surface area contributed by atoms with Gasteiger partial charge in [-0.05, 0) is 36.8 Å². The third kappa shape index (κ3) is 3.01. The molecule has 5 rings (SSSR count). The molecule has 0 radical (unpaired) electrons. The highest BCUT2D eigenvalue weighted by Gasteiger charge is 2.56. The Morgan fingerprint density at radius 2 is 1.63 bits per heavy atom. The van der Waals surface area contributed by atoms with Gasteiger partial charge in [0.2, 0.25) is 17.7 Å². The summed E-state index contributed by atoms with van der Waals surface area (Å²) in [5, 5.41) is 13.3. The van der Waals surface area contributed by atoms with Crippen LogP contribution >= 0.6 is 0 Å². The number of nitrogens with one attached hydrogen (secondary N) is 1. The summed E-state index contributed by atoms with van der Waals surface area (Å²) in [5.41, 5.74) is 0.368. The molecule has 3 aliphatic carbocycles. The van der Waals surface area contributed by atoms with E-state index >= 15 is 0 Å². The molecule has 1 aromatic rings. The van der Waals surface area contributed by atoms with Gasteiger partial charge in [-0.25, -0.2) is 0 Å². The Labute approximate surface area is 155 Å². The summed E-state index contributed by atoms with van der Waals surface area (Å²) >= 11 is 0. The Hall–Kier alpha value is -3.03. The van der Waals surface area contributed by atoms with Crippen LogP contribution in [-0.2, 0) is 14.4 Å². The van der Waals surface area contributed by atoms with Gasteiger partial charge in [0.1, 0.15) is 0 Å². The fraction of sp³-hybridized carbons (Fsp3) is 0.421. The quantitative estimate of drug-likeness (QED) is 0.370. The maximum absolute atomic E-state index is 12.7. The summed E-state index contributed by atoms with van der Waals surface area (Å²) in [6, 6.07) is 5.49. The predicted octanol–water partition coefficient (Wildman–Crippen LogP) is 2.12. The van der Waals surface area contributed by atoms with Crippen LogP contribution in [0.4, 0.5) is 11.4 Å². The number of hydrogen-bond donors (Lipinski definition) is 1. The molecule has 1 N–H and O–H groups in total. The zero-order chi connectivity index (χ0) is 19.1. The van der Waals surface area contributed by atoms with Gasteiger partial charge >= 0.3 is 0 Å². The highest BCUT2D eigenvalue weighted by molar-refractivity contribution is 6.06. The zero-order valence-electron chi connectivity index (χ0n) is 14.5. The van der Waals surface area contributed by atoms with Crippen LogP contribution in [0.5, 0.6) is 0 Å². The van der Waals surface area contributed by atoms with Crippen molar-refractivity contribution in [2.24, 2.45) is 23.7 Å². The number of nitro groups is 1. The van der Waals surface area contributed by atoms with Crippen molar-refractivity contribution in [1.82, 2.24) is 4.90 Å². The molecule has 140 valence electrons. The van der Waals surface area contributed by atoms with Crippen LogP contribution < -0.4 is 5.32 Å². The number of fused-ring (bicyclic) bond motifs is 1. The summed E-state index contributed by atoms with van der Waals surface area (Å²) < 4.78 is 0. The van der Waals surface area contributed by atoms with Crippen LogP contribution in [0, 0.1) is 33.8 Å². The maximum Gasteiger partial charge on any atom is 0.269 e. The first-order valence-electron chi connectivity index (χ1n) is 9.03. The Balaban J connectivity index is 1.36. The Bertz CT molecular complexity index is 815. The van der Waals surface area contributed by atoms with Gasteiger partial charge in [0.05, 0.1) is 16.8 Å². The third-order valence-corrected chi connectivity index (χ3v) is 5.77. The number of benzene rings is 1. The van der Waals surface area contributed by atoms with E-state index in [-0.39, 0.29) is 60.0 Å². The molecule has 4 atom stereocenters. The van der Waals surface area contributed by atoms with Gasteiger partial charge in [-0.1, -0.05) is 12.2 Å². The minimum Gasteiger partial charge on any atom is -0.326 e. The second kappa shape index (κ2) is 6.61. The number of nitrogens with zero attached hydrogens (tertiary/aromatic N) is 2. The topological polar surface area (TPSA) is 110 Å². The van der Waals surface area contributed by atoms with E-state index in [0.29, 0.717) is 5.69 Å². The molecule has 27 heavy (non-hydrogen) atoms. The lowest BCUT2D eigenvalue weighted by atomic mass is 9.63. The van der Waals surface area contributed by atoms with Crippen molar-refractivity contribution >= 4 is 29.1 Å². The van der Waals surface area contributed by atoms with Crippen molar-refractivity contribution in [3.05, 3.63) is 46.5 Å². The minimum atomic E-state index is -0.516. The van der Waals surface area contributed by atoms with Gasteiger partial charge in [0, 0.05) is 30.8 Å². The molecule has 0 spiro atoms. The number of likely N-dealkylation sites (tertiary alicyclic amines) is 1. The lowest BCUT2D eigenvalue weighted by Gasteiger charge is -2.38. The van der Waals surface area contributed by atoms with E-state index in [0.717, 1.165) is 12.8 Å². The average Bonchev–Trinajstić information content (AvgIpc) is 2.94. The molecular formula is C19H19N3O5. The van der Waals surface area contributed by atoms with Crippen molar-refractivity contribution < 1.29 is 19.3 Å². The number of amides is 3. The van der Waals surface area contributed by atoms with Crippen LogP contribution in [0.2, 0.25) is 0 Å². The first-order valence-corrected chi connectivity index (χ1v) is 9.03. The molecule has 1 heterocycles. The molecule has 0 unspecified atom stereocenters. The summed E-state index contributed by atoms with van der Waals surface area (Å²) in [6.45, 7) is 0.0585. The number of hydrogen-bond acceptors (Lipinski definition) is 5. The molecule has 1 aromatic carbocycles. The number of imide groups is 1. The van der Waals surface area contributed by atoms with Gasteiger partial charge in [-0.3, -0.25) is 29.4 Å². The number of carbonyl (C=O) groups excluding carboxylic acids is 3. The number of allylic oxidation sites excluding steroid dienone is 2. The summed E-state index contributed by atoms with van der Waals surface area (Å²) in [5.74, 6) is -0.927. The first kappa shape index (κ1) is 17.4. The van der Waals surface area contributed by atoms with Gasteiger partial charge in [0.15, 0.2) is 0 Å². The van der Waals surface area contributed by atoms with E-state index in [9.17, 15) is 24.5 Å². The van der Waals surface area contributed by atoms with Crippen molar-refractivity contribution in [2.45, 2.75) is 19.3 Å². The molecule has 3 amide bonds. The Morgan fingerprint density at radius 1 is 1.07 bits per heavy atom. The van der Waals surface area contributed by atoms with Gasteiger partial charge < -0.3 is 5.32 Å². The Morgan fingerprint density at radius 3 is 2.11 bits per heavy atom. The van der Waals surface area contributed by atoms with Gasteiger partial charge in [0.25, 0.3) is 5.69 Å². The number of nitro benzene ring substituents is 1. The van der Waals surface area contributed by atoms with Crippen molar-refractivity contribution in [3.63, 3.8) is 0 Å². The van der Waals surface area contributed by atoms with Crippen LogP contribution in [0.25, 0.3) is 0 Å². The molecule has 8 nitrogen and oxygen atoms in total. The summed E-state index contributed by atoms with van der Waals surface area (Å²) in [7, 11) is 0. The van der Waals surface area contributed by atoms with E-state index in [4.69, 9.17) is 0 Å². The Kier molecular flexibility index (Phi) is 4.25. The fourth-order valence-corrected chi connectivity index (χ4v) is 4.46. The zero-order valence-corrected chi connectivity index (χ0v) is 14.5. The van der Waals surface area contributed by atoms with Crippen LogP contribution in [0.1, 0.15) is 19.3 Å². The monoisotopic (exact) mass is 369 g/mol. The number of carbonyl (C=O) groups is 3. The predicted molar refractivity (Wildman–Crippen MR) is 95.4 cm³/mol. The van der Waals surface area contributed by atoms with Crippen LogP contribution in [0.15, 0.2) is 36.4 Å². The second-order valence-electron chi connectivity index (χ2n) is 7.27. The molecule has 2 bridgehead atoms. The second-order valence-corrected chi connectivity index (χ2v) is 7.27. The highest BCUT2D eigenvalue weighted by atomic mass is 16.6. The van der Waals surface area contributed by atoms with Crippen LogP contribution in [0.3, 0.4) is 0 Å². The van der Waals surface area contributed by atoms with E-state index in [1.54, 1.807) is 0 Å². The molecule has 1 saturated heterocycles. The summed E-state index contributed by atoms with van der Waals surface area (Å²) in [6.07, 6.45) is 6.00. The molecule has 1 aliphatic heterocycles. The normalized spacial score (nSPS) is 28.4. The number of anilines is 1. The average molecular weight is 369 g/mol. The largest absolute Gasteiger partial charge is 0.326 e. The SMILES string of the molecule is O=C(CCN1C(=O)[C@@H]2[C@H](C1=O)[C@H]1C=C[C@H]2CC1)Nc1ccc([N+](=O)[O-])cc1. The van der Waals surface area contributed by atoms with E-state index in [1.165, 1.54) is 29.2 Å². The maximum atomic E-state index is 12.7. The van der Waals surface area contributed by atoms with Gasteiger partial charge in [-0.2, -0.15) is 0 Å². The summed E-state index contributed by atoms with van der Waals surface area (Å²) in [4.78, 5) is 48.9. The lowest BCUT2D eigenvalue weighted by molar-refractivity contribution is -0.384. The van der Waals surface area contributed by atoms with Crippen molar-refractivity contribution in [1.29, 1.82) is 0 Å². The van der Waals surface area contributed by atoms with Gasteiger partial charge in [-0.15, -0.1) is 0 Å². The third-order valence-electron chi connectivity index (χ3n) is 5.77. The number of rotatable bonds is 5. The van der Waals surface area contributed by atoms with Crippen molar-refractivity contribution in [3.8, 4) is 0 Å². The molecule has 0 aromatic heterocycles. The molecule has 8 heteroatoms.